The summed E-state index contributed by atoms with van der Waals surface area (Å²) in [6.07, 6.45) is 1.23. The van der Waals surface area contributed by atoms with Gasteiger partial charge in [0.15, 0.2) is 0 Å². The van der Waals surface area contributed by atoms with Crippen molar-refractivity contribution in [3.8, 4) is 0 Å². The standard InChI is InChI=1S/C20H18ClNO5/c21-16-9-8-15(13-17(16)22-10-4-7-18(22)23)20(25)27-12-11-26-19(24)14-5-2-1-3-6-14/h1-3,5-6,8-9,13H,4,7,10-12H2. The first-order chi connectivity index (χ1) is 13.1. The Kier molecular flexibility index (Phi) is 6.08. The number of carbonyl (C=O) groups excluding carboxylic acids is 3. The Bertz CT molecular complexity index is 853. The molecule has 0 bridgehead atoms. The molecule has 1 saturated heterocycles. The first-order valence-corrected chi connectivity index (χ1v) is 8.93. The molecule has 1 aliphatic rings. The van der Waals surface area contributed by atoms with Gasteiger partial charge in [-0.3, -0.25) is 4.79 Å². The Labute approximate surface area is 161 Å². The van der Waals surface area contributed by atoms with E-state index >= 15 is 0 Å². The van der Waals surface area contributed by atoms with Gasteiger partial charge in [0.1, 0.15) is 13.2 Å². The smallest absolute Gasteiger partial charge is 0.338 e. The van der Waals surface area contributed by atoms with Crippen LogP contribution in [0.25, 0.3) is 0 Å². The van der Waals surface area contributed by atoms with Crippen molar-refractivity contribution in [2.45, 2.75) is 12.8 Å². The second-order valence-electron chi connectivity index (χ2n) is 5.95. The largest absolute Gasteiger partial charge is 0.458 e. The quantitative estimate of drug-likeness (QED) is 0.560. The fraction of sp³-hybridized carbons (Fsp3) is 0.250. The van der Waals surface area contributed by atoms with E-state index in [1.165, 1.54) is 6.07 Å². The Hall–Kier alpha value is -2.86. The third-order valence-corrected chi connectivity index (χ3v) is 4.42. The summed E-state index contributed by atoms with van der Waals surface area (Å²) in [5.74, 6) is -1.07. The summed E-state index contributed by atoms with van der Waals surface area (Å²) in [6, 6.07) is 13.2. The molecule has 1 amide bonds. The first-order valence-electron chi connectivity index (χ1n) is 8.55. The molecule has 1 heterocycles. The predicted molar refractivity (Wildman–Crippen MR) is 100 cm³/mol. The average molecular weight is 388 g/mol. The van der Waals surface area contributed by atoms with Crippen LogP contribution in [0, 0.1) is 0 Å². The van der Waals surface area contributed by atoms with Gasteiger partial charge in [-0.05, 0) is 36.8 Å². The number of benzene rings is 2. The maximum Gasteiger partial charge on any atom is 0.338 e. The van der Waals surface area contributed by atoms with Gasteiger partial charge in [0.2, 0.25) is 5.91 Å². The van der Waals surface area contributed by atoms with Crippen molar-refractivity contribution in [3.63, 3.8) is 0 Å². The number of anilines is 1. The predicted octanol–water partition coefficient (Wildman–Crippen LogP) is 3.48. The molecule has 140 valence electrons. The highest BCUT2D eigenvalue weighted by Gasteiger charge is 2.24. The van der Waals surface area contributed by atoms with E-state index in [2.05, 4.69) is 0 Å². The van der Waals surface area contributed by atoms with Gasteiger partial charge in [0.05, 0.1) is 21.8 Å². The van der Waals surface area contributed by atoms with E-state index in [-0.39, 0.29) is 24.7 Å². The fourth-order valence-electron chi connectivity index (χ4n) is 2.76. The normalized spacial score (nSPS) is 13.5. The topological polar surface area (TPSA) is 72.9 Å². The summed E-state index contributed by atoms with van der Waals surface area (Å²) in [4.78, 5) is 37.5. The molecule has 1 aliphatic heterocycles. The van der Waals surface area contributed by atoms with Crippen LogP contribution in [0.4, 0.5) is 5.69 Å². The molecule has 0 saturated carbocycles. The van der Waals surface area contributed by atoms with Crippen LogP contribution < -0.4 is 4.90 Å². The summed E-state index contributed by atoms with van der Waals surface area (Å²) in [5, 5.41) is 0.401. The Morgan fingerprint density at radius 2 is 1.63 bits per heavy atom. The second-order valence-corrected chi connectivity index (χ2v) is 6.36. The molecule has 0 N–H and O–H groups in total. The Morgan fingerprint density at radius 3 is 2.26 bits per heavy atom. The van der Waals surface area contributed by atoms with Crippen molar-refractivity contribution < 1.29 is 23.9 Å². The van der Waals surface area contributed by atoms with Crippen molar-refractivity contribution in [3.05, 3.63) is 64.7 Å². The molecule has 2 aromatic rings. The molecule has 0 unspecified atom stereocenters. The zero-order valence-corrected chi connectivity index (χ0v) is 15.3. The zero-order valence-electron chi connectivity index (χ0n) is 14.5. The summed E-state index contributed by atoms with van der Waals surface area (Å²) in [7, 11) is 0. The van der Waals surface area contributed by atoms with Crippen LogP contribution in [0.5, 0.6) is 0 Å². The zero-order chi connectivity index (χ0) is 19.2. The monoisotopic (exact) mass is 387 g/mol. The number of esters is 2. The highest BCUT2D eigenvalue weighted by atomic mass is 35.5. The molecule has 0 aliphatic carbocycles. The lowest BCUT2D eigenvalue weighted by Gasteiger charge is -2.18. The Morgan fingerprint density at radius 1 is 0.963 bits per heavy atom. The highest BCUT2D eigenvalue weighted by molar-refractivity contribution is 6.34. The van der Waals surface area contributed by atoms with Crippen molar-refractivity contribution in [2.75, 3.05) is 24.7 Å². The molecule has 0 spiro atoms. The van der Waals surface area contributed by atoms with Gasteiger partial charge < -0.3 is 14.4 Å². The number of nitrogens with zero attached hydrogens (tertiary/aromatic N) is 1. The summed E-state index contributed by atoms with van der Waals surface area (Å²) in [5.41, 5.74) is 1.22. The molecule has 6 nitrogen and oxygen atoms in total. The summed E-state index contributed by atoms with van der Waals surface area (Å²) < 4.78 is 10.2. The van der Waals surface area contributed by atoms with Gasteiger partial charge in [0, 0.05) is 13.0 Å². The van der Waals surface area contributed by atoms with Crippen LogP contribution in [0.15, 0.2) is 48.5 Å². The lowest BCUT2D eigenvalue weighted by Crippen LogP contribution is -2.24. The van der Waals surface area contributed by atoms with E-state index in [0.717, 1.165) is 6.42 Å². The lowest BCUT2D eigenvalue weighted by molar-refractivity contribution is -0.117. The first kappa shape index (κ1) is 18.9. The molecule has 27 heavy (non-hydrogen) atoms. The number of ether oxygens (including phenoxy) is 2. The number of hydrogen-bond acceptors (Lipinski definition) is 5. The van der Waals surface area contributed by atoms with Gasteiger partial charge in [-0.15, -0.1) is 0 Å². The van der Waals surface area contributed by atoms with Crippen LogP contribution >= 0.6 is 11.6 Å². The van der Waals surface area contributed by atoms with Gasteiger partial charge in [0.25, 0.3) is 0 Å². The minimum Gasteiger partial charge on any atom is -0.458 e. The third-order valence-electron chi connectivity index (χ3n) is 4.11. The molecule has 0 aromatic heterocycles. The minimum atomic E-state index is -0.574. The number of hydrogen-bond donors (Lipinski definition) is 0. The van der Waals surface area contributed by atoms with E-state index in [1.807, 2.05) is 0 Å². The third kappa shape index (κ3) is 4.65. The molecule has 1 fully saturated rings. The van der Waals surface area contributed by atoms with Crippen molar-refractivity contribution in [1.82, 2.24) is 0 Å². The summed E-state index contributed by atoms with van der Waals surface area (Å²) in [6.45, 7) is 0.453. The van der Waals surface area contributed by atoms with Crippen LogP contribution in [-0.2, 0) is 14.3 Å². The molecule has 0 atom stereocenters. The van der Waals surface area contributed by atoms with E-state index in [4.69, 9.17) is 21.1 Å². The van der Waals surface area contributed by atoms with Crippen LogP contribution in [0.1, 0.15) is 33.6 Å². The van der Waals surface area contributed by atoms with Gasteiger partial charge in [-0.2, -0.15) is 0 Å². The van der Waals surface area contributed by atoms with Crippen molar-refractivity contribution in [2.24, 2.45) is 0 Å². The Balaban J connectivity index is 1.54. The van der Waals surface area contributed by atoms with E-state index in [9.17, 15) is 14.4 Å². The van der Waals surface area contributed by atoms with E-state index in [0.29, 0.717) is 29.2 Å². The minimum absolute atomic E-state index is 0.0183. The van der Waals surface area contributed by atoms with Crippen molar-refractivity contribution >= 4 is 35.1 Å². The molecule has 2 aromatic carbocycles. The lowest BCUT2D eigenvalue weighted by atomic mass is 10.2. The van der Waals surface area contributed by atoms with E-state index < -0.39 is 11.9 Å². The molecule has 3 rings (SSSR count). The SMILES string of the molecule is O=C(OCCOC(=O)c1ccc(Cl)c(N2CCCC2=O)c1)c1ccccc1. The summed E-state index contributed by atoms with van der Waals surface area (Å²) >= 11 is 6.16. The molecule has 7 heteroatoms. The van der Waals surface area contributed by atoms with Crippen LogP contribution in [0.3, 0.4) is 0 Å². The van der Waals surface area contributed by atoms with Gasteiger partial charge in [-0.1, -0.05) is 29.8 Å². The molecular weight excluding hydrogens is 370 g/mol. The van der Waals surface area contributed by atoms with Crippen molar-refractivity contribution in [1.29, 1.82) is 0 Å². The van der Waals surface area contributed by atoms with E-state index in [1.54, 1.807) is 47.4 Å². The number of amides is 1. The van der Waals surface area contributed by atoms with Crippen LogP contribution in [0.2, 0.25) is 5.02 Å². The maximum absolute atomic E-state index is 12.2. The number of halogens is 1. The number of rotatable bonds is 6. The molecular formula is C20H18ClNO5. The average Bonchev–Trinajstić information content (AvgIpc) is 3.11. The number of carbonyl (C=O) groups is 3. The highest BCUT2D eigenvalue weighted by Crippen LogP contribution is 2.30. The maximum atomic E-state index is 12.2. The van der Waals surface area contributed by atoms with Crippen LogP contribution in [-0.4, -0.2) is 37.6 Å². The van der Waals surface area contributed by atoms with Gasteiger partial charge in [-0.25, -0.2) is 9.59 Å². The molecule has 0 radical (unpaired) electrons. The second kappa shape index (κ2) is 8.68. The van der Waals surface area contributed by atoms with Gasteiger partial charge >= 0.3 is 11.9 Å². The fourth-order valence-corrected chi connectivity index (χ4v) is 2.98.